The molecule has 1 aromatic carbocycles. The van der Waals surface area contributed by atoms with Gasteiger partial charge in [0.1, 0.15) is 0 Å². The van der Waals surface area contributed by atoms with Gasteiger partial charge in [-0.2, -0.15) is 0 Å². The van der Waals surface area contributed by atoms with Crippen LogP contribution in [0.4, 0.5) is 0 Å². The fourth-order valence-corrected chi connectivity index (χ4v) is 2.22. The van der Waals surface area contributed by atoms with Crippen molar-refractivity contribution in [3.05, 3.63) is 35.9 Å². The minimum atomic E-state index is -1.54. The molecule has 1 aliphatic rings. The Kier molecular flexibility index (Phi) is 5.17. The van der Waals surface area contributed by atoms with Gasteiger partial charge in [0, 0.05) is 0 Å². The molecule has 0 radical (unpaired) electrons. The molecule has 20 heavy (non-hydrogen) atoms. The van der Waals surface area contributed by atoms with Crippen molar-refractivity contribution >= 4 is 13.0 Å². The van der Waals surface area contributed by atoms with Gasteiger partial charge < -0.3 is 21.1 Å². The van der Waals surface area contributed by atoms with Gasteiger partial charge in [-0.1, -0.05) is 43.2 Å². The van der Waals surface area contributed by atoms with Gasteiger partial charge in [0.15, 0.2) is 0 Å². The van der Waals surface area contributed by atoms with Gasteiger partial charge in [-0.3, -0.25) is 4.79 Å². The number of hydrogen-bond donors (Lipinski definition) is 4. The van der Waals surface area contributed by atoms with Crippen LogP contribution in [0.5, 0.6) is 0 Å². The highest BCUT2D eigenvalue weighted by Gasteiger charge is 2.33. The maximum absolute atomic E-state index is 12.0. The number of nitrogens with two attached hydrogens (primary N) is 1. The second kappa shape index (κ2) is 6.88. The van der Waals surface area contributed by atoms with Gasteiger partial charge in [0.25, 0.3) is 0 Å². The zero-order valence-electron chi connectivity index (χ0n) is 11.4. The quantitative estimate of drug-likeness (QED) is 0.521. The molecule has 1 amide bonds. The van der Waals surface area contributed by atoms with E-state index in [1.165, 1.54) is 0 Å². The largest absolute Gasteiger partial charge is 0.475 e. The summed E-state index contributed by atoms with van der Waals surface area (Å²) in [6.45, 7) is 0. The Morgan fingerprint density at radius 2 is 2.00 bits per heavy atom. The molecule has 2 rings (SSSR count). The second-order valence-corrected chi connectivity index (χ2v) is 5.50. The Bertz CT molecular complexity index is 437. The lowest BCUT2D eigenvalue weighted by Gasteiger charge is -2.20. The maximum Gasteiger partial charge on any atom is 0.475 e. The fourth-order valence-electron chi connectivity index (χ4n) is 2.22. The Balaban J connectivity index is 1.85. The van der Waals surface area contributed by atoms with Crippen molar-refractivity contribution in [2.45, 2.75) is 37.7 Å². The van der Waals surface area contributed by atoms with Gasteiger partial charge in [-0.05, 0) is 24.3 Å². The smallest absolute Gasteiger partial charge is 0.426 e. The normalized spacial score (nSPS) is 17.4. The van der Waals surface area contributed by atoms with E-state index in [1.807, 2.05) is 30.3 Å². The van der Waals surface area contributed by atoms with E-state index < -0.39 is 19.1 Å². The van der Waals surface area contributed by atoms with Crippen molar-refractivity contribution in [2.24, 2.45) is 11.7 Å². The van der Waals surface area contributed by atoms with Gasteiger partial charge in [0.05, 0.1) is 12.0 Å². The summed E-state index contributed by atoms with van der Waals surface area (Å²) in [5, 5.41) is 21.3. The van der Waals surface area contributed by atoms with Crippen molar-refractivity contribution in [3.63, 3.8) is 0 Å². The number of carbonyl (C=O) groups excluding carboxylic acids is 1. The molecular formula is C14H21BN2O3. The molecule has 0 bridgehead atoms. The summed E-state index contributed by atoms with van der Waals surface area (Å²) in [7, 11) is -1.54. The number of rotatable bonds is 7. The SMILES string of the molecule is NC(Cc1ccccc1)C(=O)NC(CC1CC1)B(O)O. The highest BCUT2D eigenvalue weighted by Crippen LogP contribution is 2.33. The molecule has 0 aromatic heterocycles. The standard InChI is InChI=1S/C14H21BN2O3/c16-12(8-10-4-2-1-3-5-10)14(18)17-13(15(19)20)9-11-6-7-11/h1-5,11-13,19-20H,6-9,16H2,(H,17,18). The average Bonchev–Trinajstić information content (AvgIpc) is 3.22. The molecule has 108 valence electrons. The van der Waals surface area contributed by atoms with Crippen molar-refractivity contribution in [1.82, 2.24) is 5.32 Å². The van der Waals surface area contributed by atoms with E-state index >= 15 is 0 Å². The summed E-state index contributed by atoms with van der Waals surface area (Å²) in [5.41, 5.74) is 6.85. The van der Waals surface area contributed by atoms with Crippen LogP contribution in [-0.2, 0) is 11.2 Å². The number of amides is 1. The minimum Gasteiger partial charge on any atom is -0.426 e. The lowest BCUT2D eigenvalue weighted by molar-refractivity contribution is -0.122. The van der Waals surface area contributed by atoms with Crippen LogP contribution in [0.3, 0.4) is 0 Å². The van der Waals surface area contributed by atoms with Crippen molar-refractivity contribution in [2.75, 3.05) is 0 Å². The topological polar surface area (TPSA) is 95.6 Å². The molecule has 5 N–H and O–H groups in total. The number of hydrogen-bond acceptors (Lipinski definition) is 4. The van der Waals surface area contributed by atoms with Crippen LogP contribution in [0, 0.1) is 5.92 Å². The van der Waals surface area contributed by atoms with Gasteiger partial charge in [0.2, 0.25) is 5.91 Å². The molecule has 5 nitrogen and oxygen atoms in total. The zero-order valence-corrected chi connectivity index (χ0v) is 11.4. The van der Waals surface area contributed by atoms with E-state index in [-0.39, 0.29) is 5.91 Å². The van der Waals surface area contributed by atoms with Crippen LogP contribution < -0.4 is 11.1 Å². The molecule has 6 heteroatoms. The molecule has 0 heterocycles. The molecule has 1 aliphatic carbocycles. The molecule has 0 aliphatic heterocycles. The van der Waals surface area contributed by atoms with Crippen molar-refractivity contribution in [3.8, 4) is 0 Å². The summed E-state index contributed by atoms with van der Waals surface area (Å²) in [6.07, 6.45) is 3.22. The Morgan fingerprint density at radius 1 is 1.35 bits per heavy atom. The number of benzene rings is 1. The van der Waals surface area contributed by atoms with Gasteiger partial charge in [-0.25, -0.2) is 0 Å². The molecule has 1 fully saturated rings. The summed E-state index contributed by atoms with van der Waals surface area (Å²) in [6, 6.07) is 8.84. The lowest BCUT2D eigenvalue weighted by Crippen LogP contribution is -2.52. The third-order valence-electron chi connectivity index (χ3n) is 3.61. The number of carbonyl (C=O) groups is 1. The van der Waals surface area contributed by atoms with E-state index in [0.717, 1.165) is 18.4 Å². The first-order valence-electron chi connectivity index (χ1n) is 7.02. The van der Waals surface area contributed by atoms with Gasteiger partial charge in [-0.15, -0.1) is 0 Å². The number of nitrogens with one attached hydrogen (secondary N) is 1. The van der Waals surface area contributed by atoms with E-state index in [0.29, 0.717) is 18.8 Å². The first-order valence-corrected chi connectivity index (χ1v) is 7.02. The highest BCUT2D eigenvalue weighted by molar-refractivity contribution is 6.43. The third-order valence-corrected chi connectivity index (χ3v) is 3.61. The predicted octanol–water partition coefficient (Wildman–Crippen LogP) is -0.147. The predicted molar refractivity (Wildman–Crippen MR) is 77.6 cm³/mol. The molecule has 1 saturated carbocycles. The lowest BCUT2D eigenvalue weighted by atomic mass is 9.76. The van der Waals surface area contributed by atoms with E-state index in [1.54, 1.807) is 0 Å². The van der Waals surface area contributed by atoms with E-state index in [4.69, 9.17) is 5.73 Å². The summed E-state index contributed by atoms with van der Waals surface area (Å²) in [5.74, 6) is -0.475. The average molecular weight is 276 g/mol. The maximum atomic E-state index is 12.0. The Labute approximate surface area is 119 Å². The van der Waals surface area contributed by atoms with Crippen LogP contribution in [0.1, 0.15) is 24.8 Å². The van der Waals surface area contributed by atoms with Crippen LogP contribution in [0.25, 0.3) is 0 Å². The van der Waals surface area contributed by atoms with Crippen LogP contribution >= 0.6 is 0 Å². The molecule has 2 atom stereocenters. The summed E-state index contributed by atoms with van der Waals surface area (Å²) >= 11 is 0. The molecular weight excluding hydrogens is 255 g/mol. The summed E-state index contributed by atoms with van der Waals surface area (Å²) < 4.78 is 0. The fraction of sp³-hybridized carbons (Fsp3) is 0.500. The summed E-state index contributed by atoms with van der Waals surface area (Å²) in [4.78, 5) is 12.0. The highest BCUT2D eigenvalue weighted by atomic mass is 16.4. The second-order valence-electron chi connectivity index (χ2n) is 5.50. The first kappa shape index (κ1) is 15.0. The van der Waals surface area contributed by atoms with Crippen molar-refractivity contribution < 1.29 is 14.8 Å². The van der Waals surface area contributed by atoms with Gasteiger partial charge >= 0.3 is 7.12 Å². The Hall–Kier alpha value is -1.37. The molecule has 2 unspecified atom stereocenters. The zero-order chi connectivity index (χ0) is 14.5. The van der Waals surface area contributed by atoms with Crippen molar-refractivity contribution in [1.29, 1.82) is 0 Å². The molecule has 0 saturated heterocycles. The first-order chi connectivity index (χ1) is 9.56. The van der Waals surface area contributed by atoms with Crippen LogP contribution in [-0.4, -0.2) is 35.1 Å². The minimum absolute atomic E-state index is 0.340. The van der Waals surface area contributed by atoms with Crippen LogP contribution in [0.15, 0.2) is 30.3 Å². The Morgan fingerprint density at radius 3 is 2.55 bits per heavy atom. The monoisotopic (exact) mass is 276 g/mol. The third kappa shape index (κ3) is 4.63. The van der Waals surface area contributed by atoms with E-state index in [2.05, 4.69) is 5.32 Å². The molecule has 1 aromatic rings. The van der Waals surface area contributed by atoms with Crippen LogP contribution in [0.2, 0.25) is 0 Å². The molecule has 0 spiro atoms. The van der Waals surface area contributed by atoms with E-state index in [9.17, 15) is 14.8 Å².